The Bertz CT molecular complexity index is 1040. The van der Waals surface area contributed by atoms with Crippen LogP contribution in [0.2, 0.25) is 0 Å². The van der Waals surface area contributed by atoms with E-state index >= 15 is 0 Å². The van der Waals surface area contributed by atoms with Crippen LogP contribution in [0.15, 0.2) is 53.4 Å². The van der Waals surface area contributed by atoms with Crippen molar-refractivity contribution in [2.75, 3.05) is 13.1 Å². The van der Waals surface area contributed by atoms with Gasteiger partial charge >= 0.3 is 0 Å². The van der Waals surface area contributed by atoms with Crippen molar-refractivity contribution < 1.29 is 18.0 Å². The highest BCUT2D eigenvalue weighted by Crippen LogP contribution is 2.25. The molecule has 1 atom stereocenters. The SMILES string of the molecule is CCc1ccc(C(C)NC(=O)C2CCN(S(=O)(=O)c3cccc(C(C)=O)c3)CC2)cc1. The molecule has 31 heavy (non-hydrogen) atoms. The zero-order valence-electron chi connectivity index (χ0n) is 18.3. The zero-order valence-corrected chi connectivity index (χ0v) is 19.1. The number of piperidine rings is 1. The molecule has 2 aromatic rings. The standard InChI is InChI=1S/C24H30N2O4S/c1-4-19-8-10-20(11-9-19)17(2)25-24(28)21-12-14-26(15-13-21)31(29,30)23-7-5-6-22(16-23)18(3)27/h5-11,16-17,21H,4,12-15H2,1-3H3,(H,25,28). The van der Waals surface area contributed by atoms with E-state index in [4.69, 9.17) is 0 Å². The molecule has 1 aliphatic heterocycles. The Morgan fingerprint density at radius 1 is 1.10 bits per heavy atom. The fourth-order valence-electron chi connectivity index (χ4n) is 3.84. The molecule has 0 aliphatic carbocycles. The lowest BCUT2D eigenvalue weighted by Crippen LogP contribution is -2.43. The van der Waals surface area contributed by atoms with Crippen molar-refractivity contribution in [3.05, 3.63) is 65.2 Å². The molecule has 0 saturated carbocycles. The van der Waals surface area contributed by atoms with Crippen LogP contribution in [0.5, 0.6) is 0 Å². The molecule has 1 amide bonds. The number of aryl methyl sites for hydroxylation is 1. The minimum Gasteiger partial charge on any atom is -0.349 e. The van der Waals surface area contributed by atoms with Crippen LogP contribution in [0.25, 0.3) is 0 Å². The number of rotatable bonds is 7. The van der Waals surface area contributed by atoms with Crippen molar-refractivity contribution in [1.29, 1.82) is 0 Å². The summed E-state index contributed by atoms with van der Waals surface area (Å²) in [5, 5.41) is 3.06. The summed E-state index contributed by atoms with van der Waals surface area (Å²) >= 11 is 0. The first kappa shape index (κ1) is 23.2. The van der Waals surface area contributed by atoms with Gasteiger partial charge in [-0.3, -0.25) is 9.59 Å². The summed E-state index contributed by atoms with van der Waals surface area (Å²) in [6.45, 7) is 6.04. The van der Waals surface area contributed by atoms with Gasteiger partial charge in [0.2, 0.25) is 15.9 Å². The molecule has 0 radical (unpaired) electrons. The zero-order chi connectivity index (χ0) is 22.6. The number of hydrogen-bond donors (Lipinski definition) is 1. The summed E-state index contributed by atoms with van der Waals surface area (Å²) in [5.74, 6) is -0.430. The number of Topliss-reactive ketones (excluding diaryl/α,β-unsaturated/α-hetero) is 1. The fraction of sp³-hybridized carbons (Fsp3) is 0.417. The van der Waals surface area contributed by atoms with Crippen LogP contribution < -0.4 is 5.32 Å². The average molecular weight is 443 g/mol. The molecule has 1 N–H and O–H groups in total. The molecule has 3 rings (SSSR count). The van der Waals surface area contributed by atoms with Crippen molar-refractivity contribution in [2.45, 2.75) is 51.0 Å². The molecule has 1 unspecified atom stereocenters. The smallest absolute Gasteiger partial charge is 0.243 e. The van der Waals surface area contributed by atoms with E-state index in [9.17, 15) is 18.0 Å². The van der Waals surface area contributed by atoms with Crippen molar-refractivity contribution in [2.24, 2.45) is 5.92 Å². The number of amides is 1. The number of hydrogen-bond acceptors (Lipinski definition) is 4. The quantitative estimate of drug-likeness (QED) is 0.663. The number of ketones is 1. The van der Waals surface area contributed by atoms with Gasteiger partial charge in [-0.25, -0.2) is 8.42 Å². The van der Waals surface area contributed by atoms with Crippen LogP contribution in [-0.2, 0) is 21.2 Å². The van der Waals surface area contributed by atoms with Gasteiger partial charge in [-0.15, -0.1) is 0 Å². The molecule has 2 aromatic carbocycles. The van der Waals surface area contributed by atoms with Crippen LogP contribution in [0, 0.1) is 5.92 Å². The van der Waals surface area contributed by atoms with E-state index in [0.717, 1.165) is 12.0 Å². The minimum absolute atomic E-state index is 0.0392. The van der Waals surface area contributed by atoms with Gasteiger partial charge in [0.1, 0.15) is 0 Å². The molecule has 166 valence electrons. The third-order valence-corrected chi connectivity index (χ3v) is 7.84. The molecule has 0 aromatic heterocycles. The van der Waals surface area contributed by atoms with Gasteiger partial charge in [0, 0.05) is 24.6 Å². The Labute approximate surface area is 184 Å². The van der Waals surface area contributed by atoms with Crippen LogP contribution >= 0.6 is 0 Å². The monoisotopic (exact) mass is 442 g/mol. The molecular formula is C24H30N2O4S. The third-order valence-electron chi connectivity index (χ3n) is 5.95. The third kappa shape index (κ3) is 5.40. The fourth-order valence-corrected chi connectivity index (χ4v) is 5.36. The first-order chi connectivity index (χ1) is 14.7. The Balaban J connectivity index is 1.59. The summed E-state index contributed by atoms with van der Waals surface area (Å²) in [6.07, 6.45) is 1.92. The largest absolute Gasteiger partial charge is 0.349 e. The van der Waals surface area contributed by atoms with Crippen molar-refractivity contribution in [3.63, 3.8) is 0 Å². The lowest BCUT2D eigenvalue weighted by Gasteiger charge is -2.31. The molecule has 6 nitrogen and oxygen atoms in total. The normalized spacial score (nSPS) is 16.6. The van der Waals surface area contributed by atoms with E-state index in [1.165, 1.54) is 28.9 Å². The van der Waals surface area contributed by atoms with Crippen LogP contribution in [0.1, 0.15) is 61.1 Å². The second-order valence-corrected chi connectivity index (χ2v) is 10.0. The summed E-state index contributed by atoms with van der Waals surface area (Å²) in [4.78, 5) is 24.4. The topological polar surface area (TPSA) is 83.6 Å². The number of nitrogens with zero attached hydrogens (tertiary/aromatic N) is 1. The number of nitrogens with one attached hydrogen (secondary N) is 1. The summed E-state index contributed by atoms with van der Waals surface area (Å²) in [6, 6.07) is 14.2. The molecule has 0 bridgehead atoms. The first-order valence-electron chi connectivity index (χ1n) is 10.7. The van der Waals surface area contributed by atoms with Gasteiger partial charge in [-0.05, 0) is 56.4 Å². The maximum Gasteiger partial charge on any atom is 0.243 e. The average Bonchev–Trinajstić information content (AvgIpc) is 2.79. The van der Waals surface area contributed by atoms with Crippen LogP contribution in [-0.4, -0.2) is 37.5 Å². The molecule has 7 heteroatoms. The lowest BCUT2D eigenvalue weighted by molar-refractivity contribution is -0.126. The lowest BCUT2D eigenvalue weighted by atomic mass is 9.96. The van der Waals surface area contributed by atoms with E-state index in [-0.39, 0.29) is 41.6 Å². The van der Waals surface area contributed by atoms with Crippen LogP contribution in [0.4, 0.5) is 0 Å². The van der Waals surface area contributed by atoms with E-state index in [0.29, 0.717) is 18.4 Å². The van der Waals surface area contributed by atoms with Gasteiger partial charge < -0.3 is 5.32 Å². The van der Waals surface area contributed by atoms with Gasteiger partial charge in [0.15, 0.2) is 5.78 Å². The molecule has 1 saturated heterocycles. The molecule has 1 aliphatic rings. The van der Waals surface area contributed by atoms with E-state index in [2.05, 4.69) is 24.4 Å². The Kier molecular flexibility index (Phi) is 7.28. The summed E-state index contributed by atoms with van der Waals surface area (Å²) in [7, 11) is -3.69. The maximum atomic E-state index is 13.0. The summed E-state index contributed by atoms with van der Waals surface area (Å²) in [5.41, 5.74) is 2.68. The van der Waals surface area contributed by atoms with Crippen molar-refractivity contribution >= 4 is 21.7 Å². The molecule has 1 heterocycles. The van der Waals surface area contributed by atoms with Gasteiger partial charge in [-0.2, -0.15) is 4.31 Å². The minimum atomic E-state index is -3.69. The predicted molar refractivity (Wildman–Crippen MR) is 120 cm³/mol. The van der Waals surface area contributed by atoms with Gasteiger partial charge in [-0.1, -0.05) is 43.3 Å². The highest BCUT2D eigenvalue weighted by Gasteiger charge is 2.32. The predicted octanol–water partition coefficient (Wildman–Crippen LogP) is 3.73. The number of sulfonamides is 1. The molecule has 1 fully saturated rings. The Morgan fingerprint density at radius 3 is 2.32 bits per heavy atom. The first-order valence-corrected chi connectivity index (χ1v) is 12.2. The molecule has 0 spiro atoms. The second kappa shape index (κ2) is 9.75. The number of benzene rings is 2. The van der Waals surface area contributed by atoms with E-state index in [1.54, 1.807) is 12.1 Å². The second-order valence-electron chi connectivity index (χ2n) is 8.09. The highest BCUT2D eigenvalue weighted by atomic mass is 32.2. The number of carbonyl (C=O) groups is 2. The highest BCUT2D eigenvalue weighted by molar-refractivity contribution is 7.89. The Hall–Kier alpha value is -2.51. The number of carbonyl (C=O) groups excluding carboxylic acids is 2. The van der Waals surface area contributed by atoms with Gasteiger partial charge in [0.05, 0.1) is 10.9 Å². The van der Waals surface area contributed by atoms with Crippen molar-refractivity contribution in [1.82, 2.24) is 9.62 Å². The Morgan fingerprint density at radius 2 is 1.74 bits per heavy atom. The summed E-state index contributed by atoms with van der Waals surface area (Å²) < 4.78 is 27.3. The maximum absolute atomic E-state index is 13.0. The van der Waals surface area contributed by atoms with E-state index in [1.807, 2.05) is 19.1 Å². The van der Waals surface area contributed by atoms with Crippen molar-refractivity contribution in [3.8, 4) is 0 Å². The van der Waals surface area contributed by atoms with Crippen LogP contribution in [0.3, 0.4) is 0 Å². The van der Waals surface area contributed by atoms with Gasteiger partial charge in [0.25, 0.3) is 0 Å². The molecular weight excluding hydrogens is 412 g/mol. The van der Waals surface area contributed by atoms with E-state index < -0.39 is 10.0 Å².